The number of rotatable bonds is 5. The van der Waals surface area contributed by atoms with Crippen LogP contribution in [-0.4, -0.2) is 6.40 Å². The third-order valence-electron chi connectivity index (χ3n) is 2.48. The first kappa shape index (κ1) is 14.9. The minimum absolute atomic E-state index is 0. The van der Waals surface area contributed by atoms with Crippen LogP contribution in [0.3, 0.4) is 0 Å². The molecule has 2 rings (SSSR count). The van der Waals surface area contributed by atoms with Gasteiger partial charge in [0.2, 0.25) is 0 Å². The minimum Gasteiger partial charge on any atom is -1.00 e. The highest BCUT2D eigenvalue weighted by atomic mass is 35.5. The van der Waals surface area contributed by atoms with E-state index in [2.05, 4.69) is 22.5 Å². The van der Waals surface area contributed by atoms with Crippen LogP contribution < -0.4 is 12.4 Å². The first-order chi connectivity index (χ1) is 8.90. The maximum absolute atomic E-state index is 8.07. The predicted molar refractivity (Wildman–Crippen MR) is 70.9 cm³/mol. The lowest BCUT2D eigenvalue weighted by Crippen LogP contribution is -3.00. The molecule has 98 valence electrons. The second-order valence-corrected chi connectivity index (χ2v) is 3.68. The lowest BCUT2D eigenvalue weighted by Gasteiger charge is -2.05. The Kier molecular flexibility index (Phi) is 6.26. The van der Waals surface area contributed by atoms with Gasteiger partial charge in [-0.3, -0.25) is 5.22 Å². The number of halogens is 1. The summed E-state index contributed by atoms with van der Waals surface area (Å²) in [5.74, 6) is 0. The van der Waals surface area contributed by atoms with E-state index in [4.69, 9.17) is 10.3 Å². The fourth-order valence-electron chi connectivity index (χ4n) is 1.61. The zero-order chi connectivity index (χ0) is 12.6. The Balaban J connectivity index is 0.00000180. The molecule has 5 heteroatoms. The van der Waals surface area contributed by atoms with Crippen molar-refractivity contribution in [3.8, 4) is 11.1 Å². The molecule has 2 aromatic rings. The molecule has 0 bridgehead atoms. The van der Waals surface area contributed by atoms with Crippen LogP contribution >= 0.6 is 0 Å². The van der Waals surface area contributed by atoms with E-state index in [0.717, 1.165) is 12.0 Å². The van der Waals surface area contributed by atoms with E-state index in [1.165, 1.54) is 11.1 Å². The molecule has 0 amide bonds. The Bertz CT molecular complexity index is 526. The molecule has 0 aliphatic carbocycles. The smallest absolute Gasteiger partial charge is 0.112 e. The number of nitrogens with zero attached hydrogens (tertiary/aromatic N) is 3. The van der Waals surface area contributed by atoms with Crippen LogP contribution in [0.5, 0.6) is 0 Å². The molecule has 0 spiro atoms. The van der Waals surface area contributed by atoms with Crippen molar-refractivity contribution in [2.45, 2.75) is 6.61 Å². The normalized spacial score (nSPS) is 9.89. The van der Waals surface area contributed by atoms with Crippen molar-refractivity contribution >= 4 is 6.40 Å². The molecule has 0 aromatic heterocycles. The van der Waals surface area contributed by atoms with Crippen molar-refractivity contribution < 1.29 is 17.1 Å². The summed E-state index contributed by atoms with van der Waals surface area (Å²) in [5.41, 5.74) is 11.5. The lowest BCUT2D eigenvalue weighted by molar-refractivity contribution is -0.00000404. The quantitative estimate of drug-likeness (QED) is 0.345. The number of benzene rings is 2. The van der Waals surface area contributed by atoms with E-state index in [1.807, 2.05) is 42.5 Å². The Morgan fingerprint density at radius 2 is 1.58 bits per heavy atom. The van der Waals surface area contributed by atoms with E-state index >= 15 is 0 Å². The van der Waals surface area contributed by atoms with E-state index in [-0.39, 0.29) is 12.4 Å². The van der Waals surface area contributed by atoms with Crippen LogP contribution in [0.15, 0.2) is 64.9 Å². The third kappa shape index (κ3) is 4.52. The van der Waals surface area contributed by atoms with Crippen molar-refractivity contribution in [1.29, 1.82) is 0 Å². The molecule has 19 heavy (non-hydrogen) atoms. The molecule has 4 nitrogen and oxygen atoms in total. The first-order valence-corrected chi connectivity index (χ1v) is 5.52. The topological polar surface area (TPSA) is 56.2 Å². The predicted octanol–water partition coefficient (Wildman–Crippen LogP) is 0.839. The summed E-state index contributed by atoms with van der Waals surface area (Å²) < 4.78 is 5.06. The molecule has 0 unspecified atom stereocenters. The molecule has 0 saturated carbocycles. The van der Waals surface area contributed by atoms with Gasteiger partial charge < -0.3 is 27.8 Å². The fraction of sp³-hybridized carbons (Fsp3) is 0.0714. The molecule has 0 aliphatic rings. The van der Waals surface area contributed by atoms with E-state index in [0.29, 0.717) is 6.61 Å². The van der Waals surface area contributed by atoms with E-state index in [1.54, 1.807) is 0 Å². The third-order valence-corrected chi connectivity index (χ3v) is 2.48. The zero-order valence-electron chi connectivity index (χ0n) is 10.1. The molecule has 2 aromatic carbocycles. The molecule has 0 saturated heterocycles. The fourth-order valence-corrected chi connectivity index (χ4v) is 1.61. The number of ether oxygens (including phenoxy) is 1. The van der Waals surface area contributed by atoms with Gasteiger partial charge in [-0.15, -0.1) is 0 Å². The Hall–Kier alpha value is -2.20. The van der Waals surface area contributed by atoms with Gasteiger partial charge in [0.25, 0.3) is 0 Å². The average Bonchev–Trinajstić information content (AvgIpc) is 2.45. The second kappa shape index (κ2) is 8.00. The summed E-state index contributed by atoms with van der Waals surface area (Å²) in [7, 11) is 0. The number of hydrogen-bond acceptors (Lipinski definition) is 2. The van der Waals surface area contributed by atoms with Crippen molar-refractivity contribution in [3.05, 3.63) is 65.7 Å². The molecular weight excluding hydrogens is 262 g/mol. The van der Waals surface area contributed by atoms with Gasteiger partial charge in [0, 0.05) is 0 Å². The van der Waals surface area contributed by atoms with Crippen molar-refractivity contribution in [2.24, 2.45) is 10.3 Å². The molecular formula is C14H12ClN3O-2. The van der Waals surface area contributed by atoms with Gasteiger partial charge in [0.1, 0.15) is 6.61 Å². The minimum atomic E-state index is 0. The Labute approximate surface area is 118 Å². The van der Waals surface area contributed by atoms with Crippen LogP contribution in [0, 0.1) is 0 Å². The number of hydrogen-bond donors (Lipinski definition) is 0. The highest BCUT2D eigenvalue weighted by molar-refractivity contribution is 5.63. The van der Waals surface area contributed by atoms with Crippen molar-refractivity contribution in [1.82, 2.24) is 0 Å². The van der Waals surface area contributed by atoms with Crippen molar-refractivity contribution in [2.75, 3.05) is 0 Å². The molecule has 0 N–H and O–H groups in total. The largest absolute Gasteiger partial charge is 1.00 e. The van der Waals surface area contributed by atoms with E-state index < -0.39 is 0 Å². The van der Waals surface area contributed by atoms with Gasteiger partial charge in [-0.2, -0.15) is 0 Å². The molecule has 0 radical (unpaired) electrons. The maximum Gasteiger partial charge on any atom is 0.112 e. The average molecular weight is 274 g/mol. The lowest BCUT2D eigenvalue weighted by atomic mass is 10.0. The monoisotopic (exact) mass is 273 g/mol. The van der Waals surface area contributed by atoms with E-state index in [9.17, 15) is 0 Å². The van der Waals surface area contributed by atoms with Gasteiger partial charge in [-0.1, -0.05) is 54.6 Å². The summed E-state index contributed by atoms with van der Waals surface area (Å²) in [6.07, 6.45) is 1.10. The van der Waals surface area contributed by atoms with Crippen LogP contribution in [0.1, 0.15) is 5.56 Å². The van der Waals surface area contributed by atoms with Crippen LogP contribution in [0.2, 0.25) is 0 Å². The maximum atomic E-state index is 8.07. The summed E-state index contributed by atoms with van der Waals surface area (Å²) in [4.78, 5) is 0. The van der Waals surface area contributed by atoms with Crippen LogP contribution in [-0.2, 0) is 11.3 Å². The van der Waals surface area contributed by atoms with Gasteiger partial charge in [0.15, 0.2) is 0 Å². The molecule has 0 fully saturated rings. The summed E-state index contributed by atoms with van der Waals surface area (Å²) in [5, 5.41) is 5.75. The Morgan fingerprint density at radius 1 is 0.947 bits per heavy atom. The molecule has 0 atom stereocenters. The molecule has 0 aliphatic heterocycles. The van der Waals surface area contributed by atoms with Crippen LogP contribution in [0.25, 0.3) is 16.7 Å². The van der Waals surface area contributed by atoms with Gasteiger partial charge in [-0.25, -0.2) is 0 Å². The van der Waals surface area contributed by atoms with Gasteiger partial charge in [-0.05, 0) is 16.7 Å². The van der Waals surface area contributed by atoms with Gasteiger partial charge >= 0.3 is 0 Å². The Morgan fingerprint density at radius 3 is 2.21 bits per heavy atom. The van der Waals surface area contributed by atoms with Gasteiger partial charge in [0.05, 0.1) is 6.40 Å². The zero-order valence-corrected chi connectivity index (χ0v) is 10.9. The summed E-state index contributed by atoms with van der Waals surface area (Å²) in [6, 6.07) is 18.2. The summed E-state index contributed by atoms with van der Waals surface area (Å²) in [6.45, 7) is 0.397. The highest BCUT2D eigenvalue weighted by Crippen LogP contribution is 2.19. The van der Waals surface area contributed by atoms with Crippen LogP contribution in [0.4, 0.5) is 0 Å². The summed E-state index contributed by atoms with van der Waals surface area (Å²) >= 11 is 0. The molecule has 0 heterocycles. The first-order valence-electron chi connectivity index (χ1n) is 5.52. The highest BCUT2D eigenvalue weighted by Gasteiger charge is 1.96. The SMILES string of the molecule is [Cl-].[N-]=N/N=C/OCc1ccc(-c2ccccc2)cc1. The standard InChI is InChI=1S/C14H12N3O.ClH/c15-17-16-11-18-10-12-6-8-14(9-7-12)13-4-2-1-3-5-13;/h1-9,11H,10H2;1H/q-1;/p-1/b16-11+;. The van der Waals surface area contributed by atoms with Crippen molar-refractivity contribution in [3.63, 3.8) is 0 Å². The second-order valence-electron chi connectivity index (χ2n) is 3.68.